The van der Waals surface area contributed by atoms with E-state index in [0.717, 1.165) is 19.4 Å². The van der Waals surface area contributed by atoms with Crippen molar-refractivity contribution < 1.29 is 40.7 Å². The van der Waals surface area contributed by atoms with E-state index in [-0.39, 0.29) is 12.0 Å². The molecule has 0 radical (unpaired) electrons. The molecule has 0 unspecified atom stereocenters. The van der Waals surface area contributed by atoms with Gasteiger partial charge in [0.1, 0.15) is 5.00 Å². The minimum absolute atomic E-state index is 0.181. The molecule has 1 aromatic heterocycles. The van der Waals surface area contributed by atoms with Crippen LogP contribution in [-0.2, 0) is 16.0 Å². The van der Waals surface area contributed by atoms with Crippen molar-refractivity contribution in [2.75, 3.05) is 12.4 Å². The number of alkyl halides is 6. The van der Waals surface area contributed by atoms with Gasteiger partial charge in [0, 0.05) is 11.3 Å². The van der Waals surface area contributed by atoms with Gasteiger partial charge in [0.2, 0.25) is 5.91 Å². The van der Waals surface area contributed by atoms with Crippen molar-refractivity contribution in [2.24, 2.45) is 0 Å². The molecule has 27 heavy (non-hydrogen) atoms. The molecular formula is C15H18F6N2O3S. The van der Waals surface area contributed by atoms with E-state index in [0.29, 0.717) is 16.2 Å². The maximum atomic E-state index is 13.5. The van der Waals surface area contributed by atoms with Crippen molar-refractivity contribution in [3.8, 4) is 0 Å². The van der Waals surface area contributed by atoms with Gasteiger partial charge in [0.25, 0.3) is 0 Å². The molecule has 1 aromatic rings. The highest BCUT2D eigenvalue weighted by Crippen LogP contribution is 2.46. The Morgan fingerprint density at radius 2 is 1.59 bits per heavy atom. The van der Waals surface area contributed by atoms with Gasteiger partial charge in [-0.25, -0.2) is 4.79 Å². The van der Waals surface area contributed by atoms with Gasteiger partial charge in [-0.05, 0) is 18.9 Å². The first-order valence-corrected chi connectivity index (χ1v) is 8.50. The third-order valence-electron chi connectivity index (χ3n) is 3.75. The zero-order valence-corrected chi connectivity index (χ0v) is 15.6. The molecule has 0 saturated heterocycles. The molecule has 1 heterocycles. The number of carbonyl (C=O) groups is 2. The molecule has 0 fully saturated rings. The number of hydrogen-bond donors (Lipinski definition) is 2. The summed E-state index contributed by atoms with van der Waals surface area (Å²) >= 11 is 0.540. The Hall–Kier alpha value is -1.98. The predicted octanol–water partition coefficient (Wildman–Crippen LogP) is 4.16. The SMILES string of the molecule is CCC(=O)NC(Nc1sc(C)c(CC)c1C(=O)OC)(C(F)(F)F)C(F)(F)F. The number of nitrogens with one attached hydrogen (secondary N) is 2. The smallest absolute Gasteiger partial charge is 0.439 e. The summed E-state index contributed by atoms with van der Waals surface area (Å²) in [5.41, 5.74) is -4.93. The van der Waals surface area contributed by atoms with Crippen molar-refractivity contribution in [1.82, 2.24) is 5.32 Å². The Morgan fingerprint density at radius 3 is 1.96 bits per heavy atom. The number of halogens is 6. The summed E-state index contributed by atoms with van der Waals surface area (Å²) < 4.78 is 85.8. The number of amides is 1. The maximum absolute atomic E-state index is 13.5. The zero-order valence-electron chi connectivity index (χ0n) is 14.8. The number of hydrogen-bond acceptors (Lipinski definition) is 5. The zero-order chi connectivity index (χ0) is 21.2. The number of aryl methyl sites for hydroxylation is 1. The molecule has 1 rings (SSSR count). The first-order chi connectivity index (χ1) is 12.3. The van der Waals surface area contributed by atoms with Crippen LogP contribution in [0.25, 0.3) is 0 Å². The second-order valence-electron chi connectivity index (χ2n) is 5.46. The molecule has 5 nitrogen and oxygen atoms in total. The molecule has 154 valence electrons. The van der Waals surface area contributed by atoms with E-state index in [4.69, 9.17) is 0 Å². The standard InChI is InChI=1S/C15H18F6N2O3S/c1-5-8-7(3)27-11(10(8)12(25)26-4)23-13(14(16,17)18,15(19,20)21)22-9(24)6-2/h23H,5-6H2,1-4H3,(H,22,24). The summed E-state index contributed by atoms with van der Waals surface area (Å²) in [7, 11) is 0.957. The molecule has 0 aliphatic heterocycles. The van der Waals surface area contributed by atoms with Crippen molar-refractivity contribution in [3.63, 3.8) is 0 Å². The fourth-order valence-electron chi connectivity index (χ4n) is 2.35. The van der Waals surface area contributed by atoms with Crippen LogP contribution in [0.4, 0.5) is 31.3 Å². The van der Waals surface area contributed by atoms with Crippen molar-refractivity contribution in [1.29, 1.82) is 0 Å². The second kappa shape index (κ2) is 7.95. The molecule has 0 saturated carbocycles. The van der Waals surface area contributed by atoms with Gasteiger partial charge in [-0.1, -0.05) is 13.8 Å². The van der Waals surface area contributed by atoms with Crippen LogP contribution in [0.1, 0.15) is 41.1 Å². The lowest BCUT2D eigenvalue weighted by molar-refractivity contribution is -0.295. The number of anilines is 1. The first kappa shape index (κ1) is 23.1. The van der Waals surface area contributed by atoms with Crippen LogP contribution in [0.5, 0.6) is 0 Å². The van der Waals surface area contributed by atoms with Gasteiger partial charge >= 0.3 is 24.0 Å². The third-order valence-corrected chi connectivity index (χ3v) is 4.81. The van der Waals surface area contributed by atoms with E-state index >= 15 is 0 Å². The summed E-state index contributed by atoms with van der Waals surface area (Å²) in [5.74, 6) is -2.56. The van der Waals surface area contributed by atoms with Crippen LogP contribution in [0.3, 0.4) is 0 Å². The molecule has 0 bridgehead atoms. The van der Waals surface area contributed by atoms with Gasteiger partial charge < -0.3 is 15.4 Å². The Kier molecular flexibility index (Phi) is 6.79. The van der Waals surface area contributed by atoms with E-state index in [2.05, 4.69) is 4.74 Å². The first-order valence-electron chi connectivity index (χ1n) is 7.68. The van der Waals surface area contributed by atoms with E-state index < -0.39 is 46.9 Å². The normalized spacial score (nSPS) is 12.7. The van der Waals surface area contributed by atoms with E-state index in [9.17, 15) is 35.9 Å². The molecule has 0 aliphatic rings. The molecule has 0 atom stereocenters. The Morgan fingerprint density at radius 1 is 1.07 bits per heavy atom. The summed E-state index contributed by atoms with van der Waals surface area (Å²) in [6.45, 7) is 4.15. The lowest BCUT2D eigenvalue weighted by atomic mass is 10.1. The summed E-state index contributed by atoms with van der Waals surface area (Å²) in [6.07, 6.45) is -12.3. The molecule has 0 aliphatic carbocycles. The molecular weight excluding hydrogens is 402 g/mol. The fraction of sp³-hybridized carbons (Fsp3) is 0.600. The number of thiophene rings is 1. The van der Waals surface area contributed by atoms with Crippen LogP contribution >= 0.6 is 11.3 Å². The van der Waals surface area contributed by atoms with Gasteiger partial charge in [0.05, 0.1) is 12.7 Å². The highest BCUT2D eigenvalue weighted by molar-refractivity contribution is 7.16. The molecule has 1 amide bonds. The van der Waals surface area contributed by atoms with E-state index in [1.54, 1.807) is 6.92 Å². The third kappa shape index (κ3) is 4.30. The fourth-order valence-corrected chi connectivity index (χ4v) is 3.54. The second-order valence-corrected chi connectivity index (χ2v) is 6.68. The highest BCUT2D eigenvalue weighted by Gasteiger charge is 2.72. The predicted molar refractivity (Wildman–Crippen MR) is 86.7 cm³/mol. The lowest BCUT2D eigenvalue weighted by Crippen LogP contribution is -2.72. The summed E-state index contributed by atoms with van der Waals surface area (Å²) in [5, 5.41) is 1.65. The lowest BCUT2D eigenvalue weighted by Gasteiger charge is -2.38. The van der Waals surface area contributed by atoms with Crippen molar-refractivity contribution >= 4 is 28.2 Å². The number of rotatable bonds is 6. The van der Waals surface area contributed by atoms with Crippen LogP contribution in [-0.4, -0.2) is 37.0 Å². The van der Waals surface area contributed by atoms with Gasteiger partial charge in [-0.15, -0.1) is 11.3 Å². The topological polar surface area (TPSA) is 67.4 Å². The quantitative estimate of drug-likeness (QED) is 0.412. The molecule has 2 N–H and O–H groups in total. The summed E-state index contributed by atoms with van der Waals surface area (Å²) in [4.78, 5) is 23.8. The maximum Gasteiger partial charge on any atom is 0.439 e. The average molecular weight is 420 g/mol. The minimum Gasteiger partial charge on any atom is -0.465 e. The van der Waals surface area contributed by atoms with Gasteiger partial charge in [-0.2, -0.15) is 26.3 Å². The number of esters is 1. The van der Waals surface area contributed by atoms with Gasteiger partial charge in [-0.3, -0.25) is 4.79 Å². The molecule has 12 heteroatoms. The highest BCUT2D eigenvalue weighted by atomic mass is 32.1. The van der Waals surface area contributed by atoms with Crippen LogP contribution in [0, 0.1) is 6.92 Å². The minimum atomic E-state index is -5.95. The average Bonchev–Trinajstić information content (AvgIpc) is 2.86. The monoisotopic (exact) mass is 420 g/mol. The number of carbonyl (C=O) groups excluding carboxylic acids is 2. The molecule has 0 spiro atoms. The van der Waals surface area contributed by atoms with Crippen molar-refractivity contribution in [2.45, 2.75) is 51.6 Å². The molecule has 0 aromatic carbocycles. The number of ether oxygens (including phenoxy) is 1. The largest absolute Gasteiger partial charge is 0.465 e. The van der Waals surface area contributed by atoms with Crippen LogP contribution in [0.15, 0.2) is 0 Å². The summed E-state index contributed by atoms with van der Waals surface area (Å²) in [6, 6.07) is 0. The van der Waals surface area contributed by atoms with Crippen molar-refractivity contribution in [3.05, 3.63) is 16.0 Å². The van der Waals surface area contributed by atoms with Crippen LogP contribution < -0.4 is 10.6 Å². The Labute approximate surface area is 155 Å². The number of methoxy groups -OCH3 is 1. The van der Waals surface area contributed by atoms with Gasteiger partial charge in [0.15, 0.2) is 0 Å². The van der Waals surface area contributed by atoms with Crippen LogP contribution in [0.2, 0.25) is 0 Å². The van der Waals surface area contributed by atoms with E-state index in [1.165, 1.54) is 12.2 Å². The Bertz CT molecular complexity index is 698. The van der Waals surface area contributed by atoms with E-state index in [1.807, 2.05) is 0 Å². The Balaban J connectivity index is 3.69.